The van der Waals surface area contributed by atoms with E-state index in [1.165, 1.54) is 4.88 Å². The van der Waals surface area contributed by atoms with E-state index in [9.17, 15) is 0 Å². The first-order valence-corrected chi connectivity index (χ1v) is 6.24. The monoisotopic (exact) mass is 236 g/mol. The van der Waals surface area contributed by atoms with Crippen molar-refractivity contribution in [1.82, 2.24) is 20.3 Å². The lowest BCUT2D eigenvalue weighted by molar-refractivity contribution is 0.676. The van der Waals surface area contributed by atoms with E-state index < -0.39 is 0 Å². The maximum Gasteiger partial charge on any atom is 0.107 e. The quantitative estimate of drug-likeness (QED) is 0.835. The molecule has 0 spiro atoms. The highest BCUT2D eigenvalue weighted by Crippen LogP contribution is 2.13. The summed E-state index contributed by atoms with van der Waals surface area (Å²) in [6.45, 7) is 5.79. The molecule has 86 valence electrons. The second kappa shape index (κ2) is 5.23. The van der Waals surface area contributed by atoms with Crippen molar-refractivity contribution in [2.75, 3.05) is 0 Å². The molecule has 0 bridgehead atoms. The SMILES string of the molecule is CCc1cnc(CNCc2nc[nH]c2C)s1. The van der Waals surface area contributed by atoms with Crippen LogP contribution in [0.4, 0.5) is 0 Å². The molecule has 16 heavy (non-hydrogen) atoms. The van der Waals surface area contributed by atoms with Crippen molar-refractivity contribution in [3.8, 4) is 0 Å². The van der Waals surface area contributed by atoms with Crippen molar-refractivity contribution in [3.05, 3.63) is 33.8 Å². The van der Waals surface area contributed by atoms with Crippen LogP contribution in [-0.4, -0.2) is 15.0 Å². The third-order valence-corrected chi connectivity index (χ3v) is 3.59. The number of aromatic nitrogens is 3. The predicted molar refractivity (Wildman–Crippen MR) is 65.4 cm³/mol. The number of aromatic amines is 1. The lowest BCUT2D eigenvalue weighted by Gasteiger charge is -2.00. The molecular weight excluding hydrogens is 220 g/mol. The van der Waals surface area contributed by atoms with Gasteiger partial charge in [-0.1, -0.05) is 6.92 Å². The number of hydrogen-bond acceptors (Lipinski definition) is 4. The van der Waals surface area contributed by atoms with E-state index in [0.717, 1.165) is 35.9 Å². The van der Waals surface area contributed by atoms with Crippen molar-refractivity contribution in [2.45, 2.75) is 33.4 Å². The van der Waals surface area contributed by atoms with Gasteiger partial charge < -0.3 is 10.3 Å². The van der Waals surface area contributed by atoms with E-state index >= 15 is 0 Å². The average molecular weight is 236 g/mol. The highest BCUT2D eigenvalue weighted by atomic mass is 32.1. The average Bonchev–Trinajstić information content (AvgIpc) is 2.89. The molecule has 0 amide bonds. The molecule has 5 heteroatoms. The molecule has 0 aliphatic heterocycles. The van der Waals surface area contributed by atoms with Crippen LogP contribution in [0.15, 0.2) is 12.5 Å². The Hall–Kier alpha value is -1.20. The zero-order valence-corrected chi connectivity index (χ0v) is 10.4. The van der Waals surface area contributed by atoms with Gasteiger partial charge in [-0.3, -0.25) is 0 Å². The van der Waals surface area contributed by atoms with E-state index in [1.807, 2.05) is 13.1 Å². The van der Waals surface area contributed by atoms with Gasteiger partial charge in [-0.05, 0) is 13.3 Å². The Labute approximate surface area is 99.2 Å². The number of thiazole rings is 1. The van der Waals surface area contributed by atoms with Crippen LogP contribution in [0, 0.1) is 6.92 Å². The van der Waals surface area contributed by atoms with Gasteiger partial charge in [-0.15, -0.1) is 11.3 Å². The second-order valence-electron chi connectivity index (χ2n) is 3.65. The first-order chi connectivity index (χ1) is 7.79. The highest BCUT2D eigenvalue weighted by Gasteiger charge is 2.02. The van der Waals surface area contributed by atoms with Crippen molar-refractivity contribution in [3.63, 3.8) is 0 Å². The Morgan fingerprint density at radius 2 is 2.25 bits per heavy atom. The van der Waals surface area contributed by atoms with E-state index in [-0.39, 0.29) is 0 Å². The molecule has 2 heterocycles. The summed E-state index contributed by atoms with van der Waals surface area (Å²) in [7, 11) is 0. The third kappa shape index (κ3) is 2.68. The summed E-state index contributed by atoms with van der Waals surface area (Å²) in [5, 5.41) is 4.49. The summed E-state index contributed by atoms with van der Waals surface area (Å²) < 4.78 is 0. The minimum Gasteiger partial charge on any atom is -0.348 e. The second-order valence-corrected chi connectivity index (χ2v) is 4.85. The molecule has 0 saturated carbocycles. The molecule has 0 aromatic carbocycles. The van der Waals surface area contributed by atoms with Crippen molar-refractivity contribution in [1.29, 1.82) is 0 Å². The topological polar surface area (TPSA) is 53.6 Å². The van der Waals surface area contributed by atoms with Gasteiger partial charge in [-0.2, -0.15) is 0 Å². The van der Waals surface area contributed by atoms with Crippen LogP contribution in [0.2, 0.25) is 0 Å². The number of nitrogens with one attached hydrogen (secondary N) is 2. The van der Waals surface area contributed by atoms with Crippen LogP contribution in [0.3, 0.4) is 0 Å². The zero-order valence-electron chi connectivity index (χ0n) is 9.58. The summed E-state index contributed by atoms with van der Waals surface area (Å²) in [5.74, 6) is 0. The number of aryl methyl sites for hydroxylation is 2. The van der Waals surface area contributed by atoms with Crippen molar-refractivity contribution >= 4 is 11.3 Å². The standard InChI is InChI=1S/C11H16N4S/c1-3-9-4-13-11(16-9)6-12-5-10-8(2)14-7-15-10/h4,7,12H,3,5-6H2,1-2H3,(H,14,15). The van der Waals surface area contributed by atoms with E-state index in [0.29, 0.717) is 0 Å². The third-order valence-electron chi connectivity index (χ3n) is 2.45. The molecule has 0 aliphatic rings. The largest absolute Gasteiger partial charge is 0.348 e. The van der Waals surface area contributed by atoms with Crippen LogP contribution < -0.4 is 5.32 Å². The van der Waals surface area contributed by atoms with Crippen LogP contribution in [0.1, 0.15) is 28.2 Å². The molecule has 0 radical (unpaired) electrons. The highest BCUT2D eigenvalue weighted by molar-refractivity contribution is 7.11. The molecule has 0 aliphatic carbocycles. The lowest BCUT2D eigenvalue weighted by Crippen LogP contribution is -2.13. The van der Waals surface area contributed by atoms with Crippen molar-refractivity contribution < 1.29 is 0 Å². The number of hydrogen-bond donors (Lipinski definition) is 2. The maximum absolute atomic E-state index is 4.36. The predicted octanol–water partition coefficient (Wildman–Crippen LogP) is 2.03. The molecule has 2 aromatic rings. The summed E-state index contributed by atoms with van der Waals surface area (Å²) in [4.78, 5) is 13.0. The molecule has 0 saturated heterocycles. The molecule has 0 unspecified atom stereocenters. The fraction of sp³-hybridized carbons (Fsp3) is 0.455. The van der Waals surface area contributed by atoms with Crippen LogP contribution in [-0.2, 0) is 19.5 Å². The van der Waals surface area contributed by atoms with E-state index in [4.69, 9.17) is 0 Å². The summed E-state index contributed by atoms with van der Waals surface area (Å²) in [5.41, 5.74) is 2.20. The van der Waals surface area contributed by atoms with Gasteiger partial charge >= 0.3 is 0 Å². The van der Waals surface area contributed by atoms with Gasteiger partial charge in [0.1, 0.15) is 5.01 Å². The van der Waals surface area contributed by atoms with Crippen LogP contribution in [0.25, 0.3) is 0 Å². The first kappa shape index (κ1) is 11.3. The molecule has 2 N–H and O–H groups in total. The van der Waals surface area contributed by atoms with Gasteiger partial charge in [0.05, 0.1) is 12.0 Å². The van der Waals surface area contributed by atoms with Crippen LogP contribution in [0.5, 0.6) is 0 Å². The molecule has 2 rings (SSSR count). The molecular formula is C11H16N4S. The Bertz CT molecular complexity index is 446. The summed E-state index contributed by atoms with van der Waals surface area (Å²) >= 11 is 1.77. The lowest BCUT2D eigenvalue weighted by atomic mass is 10.3. The number of imidazole rings is 1. The Balaban J connectivity index is 1.82. The van der Waals surface area contributed by atoms with E-state index in [1.54, 1.807) is 17.7 Å². The molecule has 4 nitrogen and oxygen atoms in total. The fourth-order valence-corrected chi connectivity index (χ4v) is 2.28. The molecule has 0 fully saturated rings. The minimum absolute atomic E-state index is 0.788. The number of H-pyrrole nitrogens is 1. The van der Waals surface area contributed by atoms with Crippen molar-refractivity contribution in [2.24, 2.45) is 0 Å². The summed E-state index contributed by atoms with van der Waals surface area (Å²) in [6.07, 6.45) is 4.75. The Morgan fingerprint density at radius 1 is 1.38 bits per heavy atom. The van der Waals surface area contributed by atoms with Gasteiger partial charge in [0.25, 0.3) is 0 Å². The van der Waals surface area contributed by atoms with E-state index in [2.05, 4.69) is 27.2 Å². The van der Waals surface area contributed by atoms with Gasteiger partial charge in [0.2, 0.25) is 0 Å². The van der Waals surface area contributed by atoms with Gasteiger partial charge in [0.15, 0.2) is 0 Å². The zero-order chi connectivity index (χ0) is 11.4. The fourth-order valence-electron chi connectivity index (χ4n) is 1.45. The van der Waals surface area contributed by atoms with Crippen LogP contribution >= 0.6 is 11.3 Å². The Kier molecular flexibility index (Phi) is 3.69. The number of rotatable bonds is 5. The van der Waals surface area contributed by atoms with Gasteiger partial charge in [-0.25, -0.2) is 9.97 Å². The maximum atomic E-state index is 4.36. The summed E-state index contributed by atoms with van der Waals surface area (Å²) in [6, 6.07) is 0. The minimum atomic E-state index is 0.788. The smallest absolute Gasteiger partial charge is 0.107 e. The van der Waals surface area contributed by atoms with Gasteiger partial charge in [0, 0.05) is 29.9 Å². The normalized spacial score (nSPS) is 10.9. The molecule has 0 atom stereocenters. The Morgan fingerprint density at radius 3 is 2.88 bits per heavy atom. The number of nitrogens with zero attached hydrogens (tertiary/aromatic N) is 2. The first-order valence-electron chi connectivity index (χ1n) is 5.42. The molecule has 2 aromatic heterocycles.